The molecule has 0 radical (unpaired) electrons. The Labute approximate surface area is 379 Å². The fourth-order valence-electron chi connectivity index (χ4n) is 7.80. The van der Waals surface area contributed by atoms with Crippen molar-refractivity contribution in [2.75, 3.05) is 88.0 Å². The molecule has 4 aliphatic heterocycles. The van der Waals surface area contributed by atoms with Crippen LogP contribution in [0.1, 0.15) is 0 Å². The third-order valence-corrected chi connectivity index (χ3v) is 15.0. The first-order valence-electron chi connectivity index (χ1n) is 20.1. The Hall–Kier alpha value is -4.60. The summed E-state index contributed by atoms with van der Waals surface area (Å²) in [5.74, 6) is 1.00. The number of hydrogen-bond donors (Lipinski definition) is 3. The Morgan fingerprint density at radius 1 is 0.607 bits per heavy atom. The predicted molar refractivity (Wildman–Crippen MR) is 260 cm³/mol. The largest absolute Gasteiger partial charge is 0.368 e. The molecule has 4 aliphatic rings. The van der Waals surface area contributed by atoms with Gasteiger partial charge in [0.1, 0.15) is 5.50 Å². The van der Waals surface area contributed by atoms with Crippen molar-refractivity contribution in [1.29, 1.82) is 0 Å². The minimum absolute atomic E-state index is 0. The van der Waals surface area contributed by atoms with Crippen molar-refractivity contribution in [3.8, 4) is 0 Å². The number of nitrogens with zero attached hydrogens (tertiary/aromatic N) is 7. The van der Waals surface area contributed by atoms with Crippen molar-refractivity contribution >= 4 is 101 Å². The molecule has 1 atom stereocenters. The molecule has 3 N–H and O–H groups in total. The van der Waals surface area contributed by atoms with Crippen LogP contribution in [0.2, 0.25) is 0 Å². The Morgan fingerprint density at radius 2 is 1.11 bits per heavy atom. The van der Waals surface area contributed by atoms with Crippen molar-refractivity contribution in [2.45, 2.75) is 15.3 Å². The van der Waals surface area contributed by atoms with E-state index in [1.54, 1.807) is 72.7 Å². The fourth-order valence-corrected chi connectivity index (χ4v) is 11.0. The van der Waals surface area contributed by atoms with E-state index in [9.17, 15) is 16.8 Å². The molecule has 1 unspecified atom stereocenters. The lowest BCUT2D eigenvalue weighted by molar-refractivity contribution is 0.378. The minimum atomic E-state index is -3.62. The van der Waals surface area contributed by atoms with Crippen molar-refractivity contribution in [3.05, 3.63) is 122 Å². The van der Waals surface area contributed by atoms with Gasteiger partial charge in [-0.1, -0.05) is 48.5 Å². The van der Waals surface area contributed by atoms with Gasteiger partial charge in [0.15, 0.2) is 5.96 Å². The van der Waals surface area contributed by atoms with Crippen molar-refractivity contribution in [3.63, 3.8) is 0 Å². The van der Waals surface area contributed by atoms with Gasteiger partial charge in [0.25, 0.3) is 20.0 Å². The van der Waals surface area contributed by atoms with E-state index in [4.69, 9.17) is 0 Å². The molecule has 2 aromatic heterocycles. The van der Waals surface area contributed by atoms with E-state index >= 15 is 0 Å². The van der Waals surface area contributed by atoms with Crippen LogP contribution in [-0.4, -0.2) is 126 Å². The Kier molecular flexibility index (Phi) is 14.6. The maximum Gasteiger partial charge on any atom is 0.268 e. The van der Waals surface area contributed by atoms with Crippen LogP contribution in [0.15, 0.2) is 141 Å². The highest BCUT2D eigenvalue weighted by Crippen LogP contribution is 2.32. The average Bonchev–Trinajstić information content (AvgIpc) is 4.16. The van der Waals surface area contributed by atoms with Gasteiger partial charge in [0, 0.05) is 106 Å². The number of guanidine groups is 1. The SMILES string of the molecule is CSC1N=CCN1.I.O=S(=O)(c1ccccc1)n1ccc2c(N3CCN(C4=NCCN4)CC3)cccc21.O=S(=O)(c1ccccc1)n1ccc2c(N3CCNCC3)cccc21. The molecule has 0 saturated carbocycles. The van der Waals surface area contributed by atoms with E-state index < -0.39 is 20.0 Å². The molecule has 18 heteroatoms. The number of hydrogen-bond acceptors (Lipinski definition) is 13. The van der Waals surface area contributed by atoms with Crippen LogP contribution in [0.5, 0.6) is 0 Å². The number of aromatic nitrogens is 2. The van der Waals surface area contributed by atoms with Gasteiger partial charge in [-0.2, -0.15) is 0 Å². The van der Waals surface area contributed by atoms with Crippen LogP contribution in [0.25, 0.3) is 21.8 Å². The number of piperazine rings is 2. The second kappa shape index (κ2) is 20.1. The third kappa shape index (κ3) is 9.73. The zero-order valence-electron chi connectivity index (χ0n) is 33.9. The van der Waals surface area contributed by atoms with E-state index in [1.807, 2.05) is 61.0 Å². The van der Waals surface area contributed by atoms with E-state index in [0.29, 0.717) is 20.8 Å². The molecular formula is C43H51IN10O4S3. The topological polar surface area (TPSA) is 149 Å². The van der Waals surface area contributed by atoms with Crippen LogP contribution < -0.4 is 25.8 Å². The molecule has 4 aromatic carbocycles. The first kappa shape index (κ1) is 44.5. The van der Waals surface area contributed by atoms with Gasteiger partial charge >= 0.3 is 0 Å². The number of halogens is 1. The van der Waals surface area contributed by atoms with Gasteiger partial charge in [-0.05, 0) is 66.9 Å². The first-order valence-corrected chi connectivity index (χ1v) is 24.3. The van der Waals surface area contributed by atoms with Gasteiger partial charge in [0.2, 0.25) is 0 Å². The average molecular weight is 995 g/mol. The van der Waals surface area contributed by atoms with E-state index in [-0.39, 0.29) is 24.0 Å². The molecule has 61 heavy (non-hydrogen) atoms. The number of benzene rings is 4. The monoisotopic (exact) mass is 994 g/mol. The number of rotatable bonds is 7. The van der Waals surface area contributed by atoms with Crippen LogP contribution in [-0.2, 0) is 20.0 Å². The van der Waals surface area contributed by atoms with Crippen LogP contribution in [0.4, 0.5) is 11.4 Å². The Morgan fingerprint density at radius 3 is 1.56 bits per heavy atom. The van der Waals surface area contributed by atoms with Crippen molar-refractivity contribution in [2.24, 2.45) is 9.98 Å². The van der Waals surface area contributed by atoms with Gasteiger partial charge in [-0.15, -0.1) is 35.7 Å². The predicted octanol–water partition coefficient (Wildman–Crippen LogP) is 5.17. The molecule has 322 valence electrons. The Bertz CT molecular complexity index is 2680. The smallest absolute Gasteiger partial charge is 0.268 e. The summed E-state index contributed by atoms with van der Waals surface area (Å²) in [4.78, 5) is 16.1. The molecular weight excluding hydrogens is 944 g/mol. The number of anilines is 2. The lowest BCUT2D eigenvalue weighted by Crippen LogP contribution is -2.51. The van der Waals surface area contributed by atoms with Gasteiger partial charge < -0.3 is 25.3 Å². The molecule has 0 bridgehead atoms. The summed E-state index contributed by atoms with van der Waals surface area (Å²) >= 11 is 1.72. The van der Waals surface area contributed by atoms with E-state index in [1.165, 1.54) is 7.94 Å². The highest BCUT2D eigenvalue weighted by molar-refractivity contribution is 14.0. The number of aliphatic imine (C=N–C) groups is 2. The molecule has 0 amide bonds. The van der Waals surface area contributed by atoms with Crippen molar-refractivity contribution in [1.82, 2.24) is 28.8 Å². The zero-order chi connectivity index (χ0) is 41.5. The standard InChI is InChI=1S/C21H23N5O2S.C18H19N3O2S.C4H8N2S.HI/c27-29(28,17-5-2-1-3-6-17)26-12-9-18-19(7-4-8-20(18)26)24-13-15-25(16-14-24)21-22-10-11-23-21;22-24(23,15-5-2-1-3-6-15)21-12-9-16-17(7-4-8-18(16)21)20-13-10-19-11-14-20;1-7-4-5-2-3-6-4;/h1-9,12H,10-11,13-16H2,(H,22,23);1-9,12,19H,10-11,13-14H2;2,4,6H,3H2,1H3;1H. The molecule has 0 aliphatic carbocycles. The molecule has 2 fully saturated rings. The van der Waals surface area contributed by atoms with Crippen LogP contribution in [0.3, 0.4) is 0 Å². The van der Waals surface area contributed by atoms with Crippen molar-refractivity contribution < 1.29 is 16.8 Å². The summed E-state index contributed by atoms with van der Waals surface area (Å²) in [6, 6.07) is 32.6. The van der Waals surface area contributed by atoms with E-state index in [0.717, 1.165) is 106 Å². The maximum absolute atomic E-state index is 13.1. The number of nitrogens with one attached hydrogen (secondary N) is 3. The minimum Gasteiger partial charge on any atom is -0.368 e. The molecule has 0 spiro atoms. The zero-order valence-corrected chi connectivity index (χ0v) is 38.7. The molecule has 6 aromatic rings. The second-order valence-corrected chi connectivity index (χ2v) is 19.0. The molecule has 6 heterocycles. The van der Waals surface area contributed by atoms with Gasteiger partial charge in [-0.25, -0.2) is 24.8 Å². The second-order valence-electron chi connectivity index (χ2n) is 14.5. The molecule has 2 saturated heterocycles. The summed E-state index contributed by atoms with van der Waals surface area (Å²) in [5, 5.41) is 11.7. The summed E-state index contributed by atoms with van der Waals surface area (Å²) in [7, 11) is -7.21. The number of fused-ring (bicyclic) bond motifs is 2. The first-order chi connectivity index (χ1) is 29.3. The van der Waals surface area contributed by atoms with E-state index in [2.05, 4.69) is 52.8 Å². The lowest BCUT2D eigenvalue weighted by atomic mass is 10.2. The summed E-state index contributed by atoms with van der Waals surface area (Å²) in [5.41, 5.74) is 3.92. The quantitative estimate of drug-likeness (QED) is 0.182. The summed E-state index contributed by atoms with van der Waals surface area (Å²) < 4.78 is 54.9. The summed E-state index contributed by atoms with van der Waals surface area (Å²) in [6.45, 7) is 9.97. The molecule has 10 rings (SSSR count). The van der Waals surface area contributed by atoms with Crippen LogP contribution in [0, 0.1) is 0 Å². The molecule has 14 nitrogen and oxygen atoms in total. The number of thioether (sulfide) groups is 1. The van der Waals surface area contributed by atoms with Crippen LogP contribution >= 0.6 is 35.7 Å². The Balaban J connectivity index is 0.000000158. The van der Waals surface area contributed by atoms with Gasteiger partial charge in [-0.3, -0.25) is 15.3 Å². The third-order valence-electron chi connectivity index (χ3n) is 10.8. The normalized spacial score (nSPS) is 17.8. The highest BCUT2D eigenvalue weighted by atomic mass is 127. The maximum atomic E-state index is 13.1. The lowest BCUT2D eigenvalue weighted by Gasteiger charge is -2.37. The van der Waals surface area contributed by atoms with Gasteiger partial charge in [0.05, 0.1) is 27.4 Å². The highest BCUT2D eigenvalue weighted by Gasteiger charge is 2.25. The summed E-state index contributed by atoms with van der Waals surface area (Å²) in [6.07, 6.45) is 7.25. The fraction of sp³-hybridized carbons (Fsp3) is 0.302.